The van der Waals surface area contributed by atoms with Crippen molar-refractivity contribution in [2.24, 2.45) is 5.73 Å². The third kappa shape index (κ3) is 7.31. The minimum atomic E-state index is 0.452. The van der Waals surface area contributed by atoms with Crippen molar-refractivity contribution < 1.29 is 9.47 Å². The van der Waals surface area contributed by atoms with Gasteiger partial charge in [0.15, 0.2) is 0 Å². The highest BCUT2D eigenvalue weighted by molar-refractivity contribution is 4.72. The molecule has 108 valence electrons. The van der Waals surface area contributed by atoms with Crippen LogP contribution in [0.2, 0.25) is 0 Å². The number of likely N-dealkylation sites (tertiary alicyclic amines) is 1. The zero-order chi connectivity index (χ0) is 13.1. The lowest BCUT2D eigenvalue weighted by Gasteiger charge is -2.31. The molecule has 0 aromatic heterocycles. The molecule has 0 amide bonds. The molecule has 1 aliphatic rings. The summed E-state index contributed by atoms with van der Waals surface area (Å²) in [6.45, 7) is 5.91. The van der Waals surface area contributed by atoms with Crippen molar-refractivity contribution in [2.45, 2.75) is 44.6 Å². The molecule has 18 heavy (non-hydrogen) atoms. The summed E-state index contributed by atoms with van der Waals surface area (Å²) >= 11 is 0. The van der Waals surface area contributed by atoms with E-state index in [1.54, 1.807) is 7.11 Å². The molecule has 1 aliphatic heterocycles. The molecule has 0 unspecified atom stereocenters. The van der Waals surface area contributed by atoms with Gasteiger partial charge >= 0.3 is 0 Å². The number of hydrogen-bond donors (Lipinski definition) is 1. The number of piperidine rings is 1. The average Bonchev–Trinajstić information content (AvgIpc) is 2.40. The second-order valence-corrected chi connectivity index (χ2v) is 5.11. The van der Waals surface area contributed by atoms with Gasteiger partial charge in [0.05, 0.1) is 19.3 Å². The first-order valence-corrected chi connectivity index (χ1v) is 7.39. The summed E-state index contributed by atoms with van der Waals surface area (Å²) in [5, 5.41) is 0. The number of ether oxygens (including phenoxy) is 2. The van der Waals surface area contributed by atoms with Crippen molar-refractivity contribution in [3.05, 3.63) is 0 Å². The minimum Gasteiger partial charge on any atom is -0.382 e. The summed E-state index contributed by atoms with van der Waals surface area (Å²) < 4.78 is 10.8. The van der Waals surface area contributed by atoms with Gasteiger partial charge in [-0.1, -0.05) is 12.8 Å². The van der Waals surface area contributed by atoms with Crippen LogP contribution in [0.1, 0.15) is 38.5 Å². The van der Waals surface area contributed by atoms with Gasteiger partial charge in [0, 0.05) is 20.2 Å². The number of hydrogen-bond acceptors (Lipinski definition) is 4. The normalized spacial score (nSPS) is 18.3. The third-order valence-corrected chi connectivity index (χ3v) is 3.60. The quantitative estimate of drug-likeness (QED) is 0.605. The lowest BCUT2D eigenvalue weighted by Crippen LogP contribution is -2.37. The van der Waals surface area contributed by atoms with Crippen molar-refractivity contribution >= 4 is 0 Å². The molecule has 1 saturated heterocycles. The first kappa shape index (κ1) is 15.9. The molecule has 2 N–H and O–H groups in total. The van der Waals surface area contributed by atoms with Gasteiger partial charge in [0.25, 0.3) is 0 Å². The maximum atomic E-state index is 5.76. The van der Waals surface area contributed by atoms with E-state index in [2.05, 4.69) is 4.90 Å². The van der Waals surface area contributed by atoms with Gasteiger partial charge in [0.2, 0.25) is 0 Å². The fraction of sp³-hybridized carbons (Fsp3) is 1.00. The highest BCUT2D eigenvalue weighted by atomic mass is 16.5. The number of methoxy groups -OCH3 is 1. The van der Waals surface area contributed by atoms with Crippen molar-refractivity contribution in [3.63, 3.8) is 0 Å². The van der Waals surface area contributed by atoms with Crippen LogP contribution in [0.25, 0.3) is 0 Å². The van der Waals surface area contributed by atoms with Gasteiger partial charge < -0.3 is 20.1 Å². The molecule has 0 saturated carbocycles. The van der Waals surface area contributed by atoms with Gasteiger partial charge in [-0.25, -0.2) is 0 Å². The summed E-state index contributed by atoms with van der Waals surface area (Å²) in [4.78, 5) is 2.57. The fourth-order valence-corrected chi connectivity index (χ4v) is 2.43. The fourth-order valence-electron chi connectivity index (χ4n) is 2.43. The molecule has 1 rings (SSSR count). The second kappa shape index (κ2) is 10.7. The number of nitrogens with two attached hydrogens (primary N) is 1. The van der Waals surface area contributed by atoms with Crippen LogP contribution in [0, 0.1) is 0 Å². The van der Waals surface area contributed by atoms with E-state index < -0.39 is 0 Å². The van der Waals surface area contributed by atoms with E-state index in [4.69, 9.17) is 15.2 Å². The first-order valence-electron chi connectivity index (χ1n) is 7.39. The van der Waals surface area contributed by atoms with Crippen LogP contribution in [0.5, 0.6) is 0 Å². The monoisotopic (exact) mass is 258 g/mol. The Hall–Kier alpha value is -0.160. The van der Waals surface area contributed by atoms with Gasteiger partial charge in [-0.2, -0.15) is 0 Å². The summed E-state index contributed by atoms with van der Waals surface area (Å²) in [5.74, 6) is 0. The maximum absolute atomic E-state index is 5.76. The molecule has 1 heterocycles. The predicted molar refractivity (Wildman–Crippen MR) is 74.8 cm³/mol. The van der Waals surface area contributed by atoms with Crippen LogP contribution in [0.3, 0.4) is 0 Å². The Labute approximate surface area is 112 Å². The average molecular weight is 258 g/mol. The van der Waals surface area contributed by atoms with Crippen LogP contribution in [0.15, 0.2) is 0 Å². The van der Waals surface area contributed by atoms with Gasteiger partial charge in [-0.05, 0) is 38.8 Å². The maximum Gasteiger partial charge on any atom is 0.0704 e. The predicted octanol–water partition coefficient (Wildman–Crippen LogP) is 1.63. The highest BCUT2D eigenvalue weighted by Gasteiger charge is 2.18. The van der Waals surface area contributed by atoms with Gasteiger partial charge in [0.1, 0.15) is 0 Å². The van der Waals surface area contributed by atoms with E-state index in [-0.39, 0.29) is 0 Å². The number of rotatable bonds is 10. The smallest absolute Gasteiger partial charge is 0.0704 e. The Morgan fingerprint density at radius 2 is 1.78 bits per heavy atom. The van der Waals surface area contributed by atoms with Gasteiger partial charge in [-0.15, -0.1) is 0 Å². The van der Waals surface area contributed by atoms with Crippen LogP contribution in [0.4, 0.5) is 0 Å². The highest BCUT2D eigenvalue weighted by Crippen LogP contribution is 2.14. The topological polar surface area (TPSA) is 47.7 Å². The number of nitrogens with zero attached hydrogens (tertiary/aromatic N) is 1. The van der Waals surface area contributed by atoms with E-state index in [1.165, 1.54) is 58.2 Å². The van der Waals surface area contributed by atoms with E-state index in [1.807, 2.05) is 0 Å². The molecule has 0 spiro atoms. The second-order valence-electron chi connectivity index (χ2n) is 5.11. The molecule has 4 heteroatoms. The number of unbranched alkanes of at least 4 members (excludes halogenated alkanes) is 3. The van der Waals surface area contributed by atoms with Crippen LogP contribution in [-0.2, 0) is 9.47 Å². The zero-order valence-electron chi connectivity index (χ0n) is 11.9. The van der Waals surface area contributed by atoms with E-state index in [9.17, 15) is 0 Å². The van der Waals surface area contributed by atoms with Crippen molar-refractivity contribution in [1.82, 2.24) is 4.90 Å². The van der Waals surface area contributed by atoms with E-state index in [0.29, 0.717) is 12.7 Å². The van der Waals surface area contributed by atoms with Crippen molar-refractivity contribution in [2.75, 3.05) is 46.5 Å². The SMILES string of the molecule is COCCOC1CCN(CCCCCCN)CC1. The molecule has 0 aromatic carbocycles. The summed E-state index contributed by atoms with van der Waals surface area (Å²) in [7, 11) is 1.72. The van der Waals surface area contributed by atoms with Crippen molar-refractivity contribution in [3.8, 4) is 0 Å². The first-order chi connectivity index (χ1) is 8.86. The molecule has 0 radical (unpaired) electrons. The Kier molecular flexibility index (Phi) is 9.48. The van der Waals surface area contributed by atoms with E-state index >= 15 is 0 Å². The molecule has 0 aromatic rings. The Bertz CT molecular complexity index is 183. The summed E-state index contributed by atoms with van der Waals surface area (Å²) in [5.41, 5.74) is 5.49. The molecular weight excluding hydrogens is 228 g/mol. The zero-order valence-corrected chi connectivity index (χ0v) is 11.9. The van der Waals surface area contributed by atoms with Crippen LogP contribution in [-0.4, -0.2) is 57.5 Å². The molecule has 1 fully saturated rings. The van der Waals surface area contributed by atoms with Crippen LogP contribution < -0.4 is 5.73 Å². The summed E-state index contributed by atoms with van der Waals surface area (Å²) in [6.07, 6.45) is 7.90. The lowest BCUT2D eigenvalue weighted by molar-refractivity contribution is -0.0147. The Balaban J connectivity index is 1.94. The standard InChI is InChI=1S/C14H30N2O2/c1-17-12-13-18-14-6-10-16(11-7-14)9-5-3-2-4-8-15/h14H,2-13,15H2,1H3. The molecule has 0 atom stereocenters. The molecule has 4 nitrogen and oxygen atoms in total. The van der Waals surface area contributed by atoms with Crippen molar-refractivity contribution in [1.29, 1.82) is 0 Å². The molecule has 0 bridgehead atoms. The third-order valence-electron chi connectivity index (χ3n) is 3.60. The molecular formula is C14H30N2O2. The Morgan fingerprint density at radius 3 is 2.44 bits per heavy atom. The largest absolute Gasteiger partial charge is 0.382 e. The van der Waals surface area contributed by atoms with E-state index in [0.717, 1.165) is 13.2 Å². The lowest BCUT2D eigenvalue weighted by atomic mass is 10.1. The molecule has 0 aliphatic carbocycles. The van der Waals surface area contributed by atoms with Gasteiger partial charge in [-0.3, -0.25) is 0 Å². The minimum absolute atomic E-state index is 0.452. The summed E-state index contributed by atoms with van der Waals surface area (Å²) in [6, 6.07) is 0. The van der Waals surface area contributed by atoms with Crippen LogP contribution >= 0.6 is 0 Å². The Morgan fingerprint density at radius 1 is 1.06 bits per heavy atom.